The van der Waals surface area contributed by atoms with Crippen molar-refractivity contribution in [2.24, 2.45) is 0 Å². The Morgan fingerprint density at radius 3 is 2.41 bits per heavy atom. The topological polar surface area (TPSA) is 8.81 Å². The predicted molar refractivity (Wildman–Crippen MR) is 70.9 cm³/mol. The minimum Gasteiger partial charge on any atom is -0.235 e. The molecule has 0 aliphatic heterocycles. The van der Waals surface area contributed by atoms with Crippen LogP contribution < -0.4 is 4.57 Å². The fourth-order valence-corrected chi connectivity index (χ4v) is 2.53. The quantitative estimate of drug-likeness (QED) is 0.584. The van der Waals surface area contributed by atoms with Crippen molar-refractivity contribution in [3.63, 3.8) is 0 Å². The molecule has 0 radical (unpaired) electrons. The van der Waals surface area contributed by atoms with Gasteiger partial charge in [0.25, 0.3) is 0 Å². The van der Waals surface area contributed by atoms with Crippen LogP contribution in [0.15, 0.2) is 30.9 Å². The van der Waals surface area contributed by atoms with Crippen molar-refractivity contribution in [3.8, 4) is 5.69 Å². The number of rotatable bonds is 3. The molecule has 0 aliphatic carbocycles. The van der Waals surface area contributed by atoms with E-state index in [-0.39, 0.29) is 0 Å². The van der Waals surface area contributed by atoms with E-state index >= 15 is 0 Å². The standard InChI is InChI=1S/C14H18ClN2/c1-11-8-12(2)14(13(3)9-11)17-7-6-16(10-17)5-4-15/h6-10H,4-5H2,1-3H3/q+1. The Hall–Kier alpha value is -1.28. The first-order valence-electron chi connectivity index (χ1n) is 5.83. The van der Waals surface area contributed by atoms with E-state index in [0.29, 0.717) is 5.88 Å². The summed E-state index contributed by atoms with van der Waals surface area (Å²) in [5, 5.41) is 0. The minimum atomic E-state index is 0.639. The van der Waals surface area contributed by atoms with Gasteiger partial charge in [-0.3, -0.25) is 0 Å². The molecule has 2 nitrogen and oxygen atoms in total. The van der Waals surface area contributed by atoms with Gasteiger partial charge in [-0.25, -0.2) is 9.13 Å². The third-order valence-electron chi connectivity index (χ3n) is 2.93. The second kappa shape index (κ2) is 4.92. The molecule has 1 aromatic carbocycles. The lowest BCUT2D eigenvalue weighted by Gasteiger charge is -2.06. The monoisotopic (exact) mass is 249 g/mol. The number of nitrogens with zero attached hydrogens (tertiary/aromatic N) is 2. The van der Waals surface area contributed by atoms with Gasteiger partial charge in [-0.05, 0) is 31.9 Å². The van der Waals surface area contributed by atoms with E-state index < -0.39 is 0 Å². The molecule has 0 saturated carbocycles. The number of halogens is 1. The van der Waals surface area contributed by atoms with Gasteiger partial charge in [0.2, 0.25) is 6.33 Å². The molecule has 2 rings (SSSR count). The van der Waals surface area contributed by atoms with Gasteiger partial charge in [0, 0.05) is 0 Å². The average Bonchev–Trinajstić information content (AvgIpc) is 2.65. The van der Waals surface area contributed by atoms with Gasteiger partial charge in [-0.1, -0.05) is 17.7 Å². The highest BCUT2D eigenvalue weighted by Crippen LogP contribution is 2.20. The van der Waals surface area contributed by atoms with Crippen molar-refractivity contribution in [3.05, 3.63) is 47.5 Å². The van der Waals surface area contributed by atoms with Crippen LogP contribution in [0.3, 0.4) is 0 Å². The third-order valence-corrected chi connectivity index (χ3v) is 3.10. The molecular formula is C14H18ClN2+. The molecule has 1 heterocycles. The van der Waals surface area contributed by atoms with Gasteiger partial charge in [-0.15, -0.1) is 11.6 Å². The van der Waals surface area contributed by atoms with Crippen LogP contribution in [0.2, 0.25) is 0 Å². The number of hydrogen-bond acceptors (Lipinski definition) is 0. The number of imidazole rings is 1. The van der Waals surface area contributed by atoms with Crippen LogP contribution in [0.5, 0.6) is 0 Å². The molecule has 3 heteroatoms. The molecule has 2 aromatic rings. The number of aromatic nitrogens is 2. The molecule has 0 amide bonds. The molecule has 0 fully saturated rings. The summed E-state index contributed by atoms with van der Waals surface area (Å²) in [6, 6.07) is 4.43. The summed E-state index contributed by atoms with van der Waals surface area (Å²) in [6.07, 6.45) is 6.23. The average molecular weight is 250 g/mol. The Morgan fingerprint density at radius 1 is 1.18 bits per heavy atom. The van der Waals surface area contributed by atoms with E-state index in [1.807, 2.05) is 0 Å². The summed E-state index contributed by atoms with van der Waals surface area (Å²) in [4.78, 5) is 0. The summed E-state index contributed by atoms with van der Waals surface area (Å²) in [6.45, 7) is 7.29. The first-order valence-corrected chi connectivity index (χ1v) is 6.36. The molecule has 90 valence electrons. The van der Waals surface area contributed by atoms with Crippen LogP contribution in [0.1, 0.15) is 16.7 Å². The Balaban J connectivity index is 2.45. The Kier molecular flexibility index (Phi) is 3.53. The minimum absolute atomic E-state index is 0.639. The van der Waals surface area contributed by atoms with E-state index in [0.717, 1.165) is 6.54 Å². The van der Waals surface area contributed by atoms with E-state index in [1.165, 1.54) is 22.4 Å². The van der Waals surface area contributed by atoms with Gasteiger partial charge in [0.1, 0.15) is 24.6 Å². The van der Waals surface area contributed by atoms with E-state index in [4.69, 9.17) is 11.6 Å². The van der Waals surface area contributed by atoms with Crippen molar-refractivity contribution in [1.82, 2.24) is 4.57 Å². The maximum absolute atomic E-state index is 5.74. The van der Waals surface area contributed by atoms with Crippen molar-refractivity contribution < 1.29 is 4.57 Å². The summed E-state index contributed by atoms with van der Waals surface area (Å²) in [5.41, 5.74) is 5.18. The van der Waals surface area contributed by atoms with Crippen molar-refractivity contribution >= 4 is 11.6 Å². The summed E-state index contributed by atoms with van der Waals surface area (Å²) >= 11 is 5.74. The fraction of sp³-hybridized carbons (Fsp3) is 0.357. The van der Waals surface area contributed by atoms with Crippen LogP contribution >= 0.6 is 11.6 Å². The lowest BCUT2D eigenvalue weighted by Crippen LogP contribution is -2.31. The zero-order valence-electron chi connectivity index (χ0n) is 10.6. The molecule has 17 heavy (non-hydrogen) atoms. The van der Waals surface area contributed by atoms with Gasteiger partial charge >= 0.3 is 0 Å². The lowest BCUT2D eigenvalue weighted by atomic mass is 10.1. The van der Waals surface area contributed by atoms with Crippen LogP contribution in [0.4, 0.5) is 0 Å². The molecule has 0 bridgehead atoms. The molecule has 0 spiro atoms. The SMILES string of the molecule is Cc1cc(C)c(-n2cc[n+](CCCl)c2)c(C)c1. The Labute approximate surface area is 107 Å². The Morgan fingerprint density at radius 2 is 1.82 bits per heavy atom. The molecule has 0 atom stereocenters. The first-order chi connectivity index (χ1) is 8.11. The van der Waals surface area contributed by atoms with Crippen LogP contribution in [-0.2, 0) is 6.54 Å². The molecule has 1 aromatic heterocycles. The number of hydrogen-bond donors (Lipinski definition) is 0. The van der Waals surface area contributed by atoms with Gasteiger partial charge in [0.05, 0.1) is 5.88 Å². The van der Waals surface area contributed by atoms with Gasteiger partial charge in [-0.2, -0.15) is 0 Å². The van der Waals surface area contributed by atoms with Crippen LogP contribution in [-0.4, -0.2) is 10.4 Å². The number of benzene rings is 1. The molecule has 0 unspecified atom stereocenters. The number of alkyl halides is 1. The zero-order chi connectivity index (χ0) is 12.4. The van der Waals surface area contributed by atoms with Crippen molar-refractivity contribution in [2.75, 3.05) is 5.88 Å². The highest BCUT2D eigenvalue weighted by molar-refractivity contribution is 6.17. The van der Waals surface area contributed by atoms with Crippen molar-refractivity contribution in [1.29, 1.82) is 0 Å². The zero-order valence-corrected chi connectivity index (χ0v) is 11.3. The van der Waals surface area contributed by atoms with Gasteiger partial charge in [0.15, 0.2) is 0 Å². The van der Waals surface area contributed by atoms with E-state index in [9.17, 15) is 0 Å². The summed E-state index contributed by atoms with van der Waals surface area (Å²) in [5.74, 6) is 0.639. The largest absolute Gasteiger partial charge is 0.249 e. The van der Waals surface area contributed by atoms with Crippen LogP contribution in [0.25, 0.3) is 5.69 Å². The number of aryl methyl sites for hydroxylation is 4. The molecule has 0 saturated heterocycles. The second-order valence-corrected chi connectivity index (χ2v) is 4.87. The summed E-state index contributed by atoms with van der Waals surface area (Å²) in [7, 11) is 0. The Bertz CT molecular complexity index is 506. The maximum Gasteiger partial charge on any atom is 0.249 e. The predicted octanol–water partition coefficient (Wildman–Crippen LogP) is 2.93. The lowest BCUT2D eigenvalue weighted by molar-refractivity contribution is -0.691. The fourth-order valence-electron chi connectivity index (χ4n) is 2.34. The maximum atomic E-state index is 5.74. The van der Waals surface area contributed by atoms with Gasteiger partial charge < -0.3 is 0 Å². The third kappa shape index (κ3) is 2.52. The normalized spacial score (nSPS) is 10.8. The van der Waals surface area contributed by atoms with E-state index in [1.54, 1.807) is 0 Å². The molecule has 0 aliphatic rings. The van der Waals surface area contributed by atoms with E-state index in [2.05, 4.69) is 60.8 Å². The highest BCUT2D eigenvalue weighted by Gasteiger charge is 2.12. The first kappa shape index (κ1) is 12.2. The second-order valence-electron chi connectivity index (χ2n) is 4.50. The molecule has 0 N–H and O–H groups in total. The van der Waals surface area contributed by atoms with Crippen LogP contribution in [0, 0.1) is 20.8 Å². The van der Waals surface area contributed by atoms with Crippen molar-refractivity contribution in [2.45, 2.75) is 27.3 Å². The highest BCUT2D eigenvalue weighted by atomic mass is 35.5. The summed E-state index contributed by atoms with van der Waals surface area (Å²) < 4.78 is 4.27. The molecular weight excluding hydrogens is 232 g/mol. The smallest absolute Gasteiger partial charge is 0.235 e.